The van der Waals surface area contributed by atoms with Crippen molar-refractivity contribution in [1.82, 2.24) is 5.32 Å². The molecule has 1 aromatic rings. The molecule has 2 N–H and O–H groups in total. The van der Waals surface area contributed by atoms with Crippen LogP contribution in [0, 0.1) is 6.92 Å². The van der Waals surface area contributed by atoms with Gasteiger partial charge in [0.1, 0.15) is 0 Å². The average molecular weight is 214 g/mol. The molecule has 1 rings (SSSR count). The molecule has 0 saturated carbocycles. The normalized spacial score (nSPS) is 12.2. The summed E-state index contributed by atoms with van der Waals surface area (Å²) in [6.07, 6.45) is 0.567. The van der Waals surface area contributed by atoms with Gasteiger partial charge in [-0.05, 0) is 30.2 Å². The van der Waals surface area contributed by atoms with Crippen molar-refractivity contribution in [2.24, 2.45) is 0 Å². The number of aliphatic hydroxyl groups excluding tert-OH is 1. The number of amides is 1. The van der Waals surface area contributed by atoms with E-state index in [4.69, 9.17) is 16.7 Å². The molecule has 0 heterocycles. The van der Waals surface area contributed by atoms with E-state index in [1.165, 1.54) is 0 Å². The van der Waals surface area contributed by atoms with Crippen molar-refractivity contribution in [2.75, 3.05) is 6.61 Å². The van der Waals surface area contributed by atoms with E-state index in [2.05, 4.69) is 5.32 Å². The maximum absolute atomic E-state index is 10.3. The summed E-state index contributed by atoms with van der Waals surface area (Å²) in [6, 6.07) is 5.04. The van der Waals surface area contributed by atoms with Gasteiger partial charge in [0, 0.05) is 5.02 Å². The van der Waals surface area contributed by atoms with Crippen molar-refractivity contribution in [2.45, 2.75) is 13.0 Å². The molecule has 1 amide bonds. The van der Waals surface area contributed by atoms with Crippen LogP contribution in [0.4, 0.5) is 0 Å². The third kappa shape index (κ3) is 2.72. The van der Waals surface area contributed by atoms with Gasteiger partial charge in [-0.2, -0.15) is 0 Å². The summed E-state index contributed by atoms with van der Waals surface area (Å²) < 4.78 is 0. The van der Waals surface area contributed by atoms with Crippen LogP contribution in [0.3, 0.4) is 0 Å². The Morgan fingerprint density at radius 2 is 2.29 bits per heavy atom. The predicted octanol–water partition coefficient (Wildman–Crippen LogP) is 1.43. The third-order valence-corrected chi connectivity index (χ3v) is 2.14. The lowest BCUT2D eigenvalue weighted by Crippen LogP contribution is -2.22. The third-order valence-electron chi connectivity index (χ3n) is 1.92. The monoisotopic (exact) mass is 213 g/mol. The molecule has 14 heavy (non-hydrogen) atoms. The van der Waals surface area contributed by atoms with Gasteiger partial charge in [0.2, 0.25) is 6.41 Å². The second-order valence-corrected chi connectivity index (χ2v) is 3.52. The van der Waals surface area contributed by atoms with Crippen molar-refractivity contribution in [3.05, 3.63) is 34.3 Å². The highest BCUT2D eigenvalue weighted by atomic mass is 35.5. The van der Waals surface area contributed by atoms with Gasteiger partial charge in [-0.15, -0.1) is 0 Å². The highest BCUT2D eigenvalue weighted by molar-refractivity contribution is 6.30. The molecule has 0 spiro atoms. The van der Waals surface area contributed by atoms with E-state index in [0.29, 0.717) is 11.4 Å². The molecule has 1 aromatic carbocycles. The Morgan fingerprint density at radius 3 is 2.79 bits per heavy atom. The van der Waals surface area contributed by atoms with Gasteiger partial charge in [-0.3, -0.25) is 4.79 Å². The van der Waals surface area contributed by atoms with E-state index in [9.17, 15) is 4.79 Å². The first-order valence-corrected chi connectivity index (χ1v) is 4.63. The van der Waals surface area contributed by atoms with Gasteiger partial charge in [-0.25, -0.2) is 0 Å². The molecule has 0 fully saturated rings. The fraction of sp³-hybridized carbons (Fsp3) is 0.300. The van der Waals surface area contributed by atoms with Crippen LogP contribution in [-0.2, 0) is 4.79 Å². The summed E-state index contributed by atoms with van der Waals surface area (Å²) in [7, 11) is 0. The molecule has 0 aliphatic rings. The molecule has 1 atom stereocenters. The summed E-state index contributed by atoms with van der Waals surface area (Å²) in [5.41, 5.74) is 1.81. The molecule has 0 aliphatic heterocycles. The van der Waals surface area contributed by atoms with E-state index in [0.717, 1.165) is 11.1 Å². The summed E-state index contributed by atoms with van der Waals surface area (Å²) in [5.74, 6) is 0. The summed E-state index contributed by atoms with van der Waals surface area (Å²) in [4.78, 5) is 10.3. The van der Waals surface area contributed by atoms with Crippen molar-refractivity contribution < 1.29 is 9.90 Å². The van der Waals surface area contributed by atoms with Crippen LogP contribution in [-0.4, -0.2) is 18.1 Å². The van der Waals surface area contributed by atoms with Crippen molar-refractivity contribution in [3.8, 4) is 0 Å². The Bertz CT molecular complexity index is 308. The summed E-state index contributed by atoms with van der Waals surface area (Å²) in [6.45, 7) is 1.77. The number of nitrogens with one attached hydrogen (secondary N) is 1. The molecule has 0 aromatic heterocycles. The summed E-state index contributed by atoms with van der Waals surface area (Å²) in [5, 5.41) is 12.1. The van der Waals surface area contributed by atoms with E-state index in [1.54, 1.807) is 6.07 Å². The number of carbonyl (C=O) groups is 1. The van der Waals surface area contributed by atoms with Crippen molar-refractivity contribution in [1.29, 1.82) is 0 Å². The van der Waals surface area contributed by atoms with E-state index in [-0.39, 0.29) is 12.6 Å². The van der Waals surface area contributed by atoms with Crippen LogP contribution in [0.5, 0.6) is 0 Å². The second kappa shape index (κ2) is 4.98. The fourth-order valence-corrected chi connectivity index (χ4v) is 1.60. The number of benzene rings is 1. The zero-order chi connectivity index (χ0) is 10.6. The van der Waals surface area contributed by atoms with Crippen LogP contribution in [0.15, 0.2) is 18.2 Å². The zero-order valence-corrected chi connectivity index (χ0v) is 8.58. The Kier molecular flexibility index (Phi) is 3.92. The maximum Gasteiger partial charge on any atom is 0.207 e. The highest BCUT2D eigenvalue weighted by Gasteiger charge is 2.09. The first kappa shape index (κ1) is 11.0. The number of hydrogen-bond acceptors (Lipinski definition) is 2. The summed E-state index contributed by atoms with van der Waals surface area (Å²) >= 11 is 5.85. The number of aryl methyl sites for hydroxylation is 1. The van der Waals surface area contributed by atoms with Gasteiger partial charge >= 0.3 is 0 Å². The number of aliphatic hydroxyl groups is 1. The largest absolute Gasteiger partial charge is 0.394 e. The zero-order valence-electron chi connectivity index (χ0n) is 7.83. The Morgan fingerprint density at radius 1 is 1.57 bits per heavy atom. The van der Waals surface area contributed by atoms with Gasteiger partial charge in [-0.1, -0.05) is 17.7 Å². The molecule has 3 nitrogen and oxygen atoms in total. The number of rotatable bonds is 4. The van der Waals surface area contributed by atoms with Gasteiger partial charge in [0.25, 0.3) is 0 Å². The molecular formula is C10H12ClNO2. The quantitative estimate of drug-likeness (QED) is 0.744. The Balaban J connectivity index is 2.96. The van der Waals surface area contributed by atoms with Crippen molar-refractivity contribution in [3.63, 3.8) is 0 Å². The van der Waals surface area contributed by atoms with E-state index < -0.39 is 0 Å². The lowest BCUT2D eigenvalue weighted by molar-refractivity contribution is -0.110. The van der Waals surface area contributed by atoms with Crippen LogP contribution in [0.25, 0.3) is 0 Å². The highest BCUT2D eigenvalue weighted by Crippen LogP contribution is 2.19. The smallest absolute Gasteiger partial charge is 0.207 e. The minimum Gasteiger partial charge on any atom is -0.394 e. The van der Waals surface area contributed by atoms with Crippen LogP contribution >= 0.6 is 11.6 Å². The molecular weight excluding hydrogens is 202 g/mol. The standard InChI is InChI=1S/C10H12ClNO2/c1-7-2-8(4-9(11)3-7)10(5-13)12-6-14/h2-4,6,10,13H,5H2,1H3,(H,12,14). The first-order chi connectivity index (χ1) is 6.67. The predicted molar refractivity (Wildman–Crippen MR) is 55.2 cm³/mol. The van der Waals surface area contributed by atoms with Crippen LogP contribution < -0.4 is 5.32 Å². The van der Waals surface area contributed by atoms with Gasteiger partial charge in [0.15, 0.2) is 0 Å². The lowest BCUT2D eigenvalue weighted by atomic mass is 10.1. The minimum absolute atomic E-state index is 0.140. The van der Waals surface area contributed by atoms with Crippen LogP contribution in [0.1, 0.15) is 17.2 Å². The van der Waals surface area contributed by atoms with Gasteiger partial charge < -0.3 is 10.4 Å². The topological polar surface area (TPSA) is 49.3 Å². The second-order valence-electron chi connectivity index (χ2n) is 3.08. The average Bonchev–Trinajstić information content (AvgIpc) is 2.12. The molecule has 0 bridgehead atoms. The fourth-order valence-electron chi connectivity index (χ4n) is 1.30. The van der Waals surface area contributed by atoms with Gasteiger partial charge in [0.05, 0.1) is 12.6 Å². The number of hydrogen-bond donors (Lipinski definition) is 2. The maximum atomic E-state index is 10.3. The first-order valence-electron chi connectivity index (χ1n) is 4.25. The minimum atomic E-state index is -0.384. The number of halogens is 1. The molecule has 1 unspecified atom stereocenters. The molecule has 0 aliphatic carbocycles. The molecule has 0 radical (unpaired) electrons. The van der Waals surface area contributed by atoms with E-state index >= 15 is 0 Å². The van der Waals surface area contributed by atoms with Crippen molar-refractivity contribution >= 4 is 18.0 Å². The molecule has 0 saturated heterocycles. The number of carbonyl (C=O) groups excluding carboxylic acids is 1. The van der Waals surface area contributed by atoms with Crippen LogP contribution in [0.2, 0.25) is 5.02 Å². The lowest BCUT2D eigenvalue weighted by Gasteiger charge is -2.14. The SMILES string of the molecule is Cc1cc(Cl)cc(C(CO)NC=O)c1. The van der Waals surface area contributed by atoms with E-state index in [1.807, 2.05) is 19.1 Å². The Hall–Kier alpha value is -1.06. The Labute approximate surface area is 87.7 Å². The molecule has 4 heteroatoms. The molecule has 76 valence electrons.